The third-order valence-corrected chi connectivity index (χ3v) is 2.63. The third kappa shape index (κ3) is 2.24. The lowest BCUT2D eigenvalue weighted by molar-refractivity contribution is 0.112. The van der Waals surface area contributed by atoms with Gasteiger partial charge in [0.2, 0.25) is 0 Å². The molecule has 2 nitrogen and oxygen atoms in total. The molecule has 0 radical (unpaired) electrons. The maximum absolute atomic E-state index is 11.0. The summed E-state index contributed by atoms with van der Waals surface area (Å²) in [6.07, 6.45) is 4.81. The molecule has 0 aliphatic carbocycles. The van der Waals surface area contributed by atoms with Gasteiger partial charge in [-0.3, -0.25) is 4.79 Å². The first-order valence-corrected chi connectivity index (χ1v) is 5.37. The van der Waals surface area contributed by atoms with Gasteiger partial charge in [0.15, 0.2) is 6.29 Å². The Morgan fingerprint density at radius 1 is 1.18 bits per heavy atom. The predicted molar refractivity (Wildman–Crippen MR) is 68.6 cm³/mol. The Morgan fingerprint density at radius 2 is 2.00 bits per heavy atom. The van der Waals surface area contributed by atoms with Crippen LogP contribution < -0.4 is 0 Å². The van der Waals surface area contributed by atoms with E-state index in [0.29, 0.717) is 12.0 Å². The van der Waals surface area contributed by atoms with Crippen LogP contribution in [-0.4, -0.2) is 6.29 Å². The second-order valence-electron chi connectivity index (χ2n) is 3.67. The van der Waals surface area contributed by atoms with E-state index >= 15 is 0 Å². The lowest BCUT2D eigenvalue weighted by atomic mass is 9.99. The topological polar surface area (TPSA) is 40.9 Å². The molecule has 17 heavy (non-hydrogen) atoms. The molecule has 0 unspecified atom stereocenters. The molecule has 0 fully saturated rings. The molecule has 0 amide bonds. The van der Waals surface area contributed by atoms with Crippen LogP contribution in [0, 0.1) is 11.3 Å². The molecule has 0 bridgehead atoms. The van der Waals surface area contributed by atoms with E-state index in [9.17, 15) is 4.79 Å². The fourth-order valence-corrected chi connectivity index (χ4v) is 1.83. The van der Waals surface area contributed by atoms with E-state index in [2.05, 4.69) is 0 Å². The molecule has 82 valence electrons. The molecular formula is C15H11NO. The molecule has 0 aliphatic heterocycles. The number of fused-ring (bicyclic) bond motifs is 1. The Kier molecular flexibility index (Phi) is 3.32. The van der Waals surface area contributed by atoms with Gasteiger partial charge < -0.3 is 0 Å². The van der Waals surface area contributed by atoms with Crippen molar-refractivity contribution in [2.24, 2.45) is 0 Å². The van der Waals surface area contributed by atoms with E-state index in [1.165, 1.54) is 0 Å². The van der Waals surface area contributed by atoms with Crippen molar-refractivity contribution in [3.05, 3.63) is 53.6 Å². The van der Waals surface area contributed by atoms with Gasteiger partial charge in [0, 0.05) is 5.56 Å². The minimum absolute atomic E-state index is 0.349. The zero-order valence-electron chi connectivity index (χ0n) is 9.26. The van der Waals surface area contributed by atoms with Gasteiger partial charge in [-0.15, -0.1) is 0 Å². The second-order valence-corrected chi connectivity index (χ2v) is 3.67. The summed E-state index contributed by atoms with van der Waals surface area (Å²) < 4.78 is 0. The first kappa shape index (κ1) is 11.1. The zero-order chi connectivity index (χ0) is 12.1. The highest BCUT2D eigenvalue weighted by Crippen LogP contribution is 2.23. The Bertz CT molecular complexity index is 620. The van der Waals surface area contributed by atoms with Crippen LogP contribution in [0.15, 0.2) is 42.5 Å². The minimum atomic E-state index is 0.349. The first-order valence-electron chi connectivity index (χ1n) is 5.37. The van der Waals surface area contributed by atoms with E-state index in [0.717, 1.165) is 22.6 Å². The SMILES string of the molecule is N#CCC=Cc1c(C=O)ccc2ccccc12. The average Bonchev–Trinajstić information content (AvgIpc) is 2.39. The van der Waals surface area contributed by atoms with Crippen LogP contribution in [0.5, 0.6) is 0 Å². The van der Waals surface area contributed by atoms with Crippen LogP contribution in [0.3, 0.4) is 0 Å². The molecule has 0 saturated carbocycles. The fourth-order valence-electron chi connectivity index (χ4n) is 1.83. The Hall–Kier alpha value is -2.40. The summed E-state index contributed by atoms with van der Waals surface area (Å²) in [6.45, 7) is 0. The fraction of sp³-hybridized carbons (Fsp3) is 0.0667. The Morgan fingerprint density at radius 3 is 2.76 bits per heavy atom. The monoisotopic (exact) mass is 221 g/mol. The quantitative estimate of drug-likeness (QED) is 0.743. The van der Waals surface area contributed by atoms with Gasteiger partial charge >= 0.3 is 0 Å². The van der Waals surface area contributed by atoms with E-state index in [1.54, 1.807) is 12.1 Å². The maximum Gasteiger partial charge on any atom is 0.150 e. The summed E-state index contributed by atoms with van der Waals surface area (Å²) in [5.74, 6) is 0. The highest BCUT2D eigenvalue weighted by molar-refractivity contribution is 5.98. The van der Waals surface area contributed by atoms with Crippen molar-refractivity contribution in [1.82, 2.24) is 0 Å². The number of carbonyl (C=O) groups excluding carboxylic acids is 1. The largest absolute Gasteiger partial charge is 0.298 e. The second kappa shape index (κ2) is 5.09. The molecule has 0 aromatic heterocycles. The van der Waals surface area contributed by atoms with Gasteiger partial charge in [-0.25, -0.2) is 0 Å². The molecule has 0 heterocycles. The number of carbonyl (C=O) groups is 1. The van der Waals surface area contributed by atoms with Crippen molar-refractivity contribution in [2.45, 2.75) is 6.42 Å². The van der Waals surface area contributed by atoms with E-state index < -0.39 is 0 Å². The van der Waals surface area contributed by atoms with Crippen molar-refractivity contribution in [2.75, 3.05) is 0 Å². The number of rotatable bonds is 3. The summed E-state index contributed by atoms with van der Waals surface area (Å²) in [5.41, 5.74) is 1.53. The number of hydrogen-bond donors (Lipinski definition) is 0. The molecule has 2 aromatic carbocycles. The molecule has 0 atom stereocenters. The van der Waals surface area contributed by atoms with Crippen LogP contribution in [0.25, 0.3) is 16.8 Å². The predicted octanol–water partition coefficient (Wildman–Crippen LogP) is 3.58. The number of nitrogens with zero attached hydrogens (tertiary/aromatic N) is 1. The summed E-state index contributed by atoms with van der Waals surface area (Å²) >= 11 is 0. The van der Waals surface area contributed by atoms with Gasteiger partial charge in [0.05, 0.1) is 12.5 Å². The van der Waals surface area contributed by atoms with Crippen molar-refractivity contribution >= 4 is 23.1 Å². The van der Waals surface area contributed by atoms with E-state index in [4.69, 9.17) is 5.26 Å². The molecule has 2 rings (SSSR count). The standard InChI is InChI=1S/C15H11NO/c16-10-4-3-7-15-13(11-17)9-8-12-5-1-2-6-14(12)15/h1-3,5-9,11H,4H2. The Labute approximate surface area is 99.8 Å². The number of nitriles is 1. The van der Waals surface area contributed by atoms with E-state index in [-0.39, 0.29) is 0 Å². The van der Waals surface area contributed by atoms with Crippen LogP contribution >= 0.6 is 0 Å². The Balaban J connectivity index is 2.63. The van der Waals surface area contributed by atoms with Gasteiger partial charge in [0.1, 0.15) is 0 Å². The highest BCUT2D eigenvalue weighted by Gasteiger charge is 2.03. The summed E-state index contributed by atoms with van der Waals surface area (Å²) in [5, 5.41) is 10.6. The van der Waals surface area contributed by atoms with Gasteiger partial charge in [-0.1, -0.05) is 48.6 Å². The molecule has 0 N–H and O–H groups in total. The zero-order valence-corrected chi connectivity index (χ0v) is 9.26. The average molecular weight is 221 g/mol. The third-order valence-electron chi connectivity index (χ3n) is 2.63. The lowest BCUT2D eigenvalue weighted by Crippen LogP contribution is -1.88. The number of benzene rings is 2. The van der Waals surface area contributed by atoms with Crippen LogP contribution in [0.4, 0.5) is 0 Å². The molecule has 2 aromatic rings. The van der Waals surface area contributed by atoms with Gasteiger partial charge in [-0.05, 0) is 16.3 Å². The van der Waals surface area contributed by atoms with Crippen molar-refractivity contribution < 1.29 is 4.79 Å². The van der Waals surface area contributed by atoms with Crippen molar-refractivity contribution in [3.63, 3.8) is 0 Å². The summed E-state index contributed by atoms with van der Waals surface area (Å²) in [7, 11) is 0. The van der Waals surface area contributed by atoms with E-state index in [1.807, 2.05) is 42.5 Å². The first-order chi connectivity index (χ1) is 8.36. The lowest BCUT2D eigenvalue weighted by Gasteiger charge is -2.05. The molecular weight excluding hydrogens is 210 g/mol. The molecule has 0 spiro atoms. The molecule has 0 saturated heterocycles. The molecule has 2 heteroatoms. The van der Waals surface area contributed by atoms with Gasteiger partial charge in [-0.2, -0.15) is 5.26 Å². The smallest absolute Gasteiger partial charge is 0.150 e. The number of aldehydes is 1. The molecule has 0 aliphatic rings. The van der Waals surface area contributed by atoms with Crippen LogP contribution in [0.1, 0.15) is 22.3 Å². The highest BCUT2D eigenvalue weighted by atomic mass is 16.1. The van der Waals surface area contributed by atoms with Crippen molar-refractivity contribution in [1.29, 1.82) is 5.26 Å². The minimum Gasteiger partial charge on any atom is -0.298 e. The maximum atomic E-state index is 11.0. The number of hydrogen-bond acceptors (Lipinski definition) is 2. The van der Waals surface area contributed by atoms with Gasteiger partial charge in [0.25, 0.3) is 0 Å². The van der Waals surface area contributed by atoms with Crippen LogP contribution in [0.2, 0.25) is 0 Å². The van der Waals surface area contributed by atoms with Crippen molar-refractivity contribution in [3.8, 4) is 6.07 Å². The van der Waals surface area contributed by atoms with Crippen LogP contribution in [-0.2, 0) is 0 Å². The summed E-state index contributed by atoms with van der Waals surface area (Å²) in [6, 6.07) is 13.7. The number of allylic oxidation sites excluding steroid dienone is 1. The summed E-state index contributed by atoms with van der Waals surface area (Å²) in [4.78, 5) is 11.0. The normalized spacial score (nSPS) is 10.5.